The number of fused-ring (bicyclic) bond motifs is 1. The number of methoxy groups -OCH3 is 2. The molecule has 0 amide bonds. The standard InChI is InChI=1S/C35H43N3O4.2ClH/c1-4-31(35(26-9-13-29(41-2)14-10-26)27-11-15-30(42-3)16-12-27)33-25-38(34-8-6-5-7-32(33)34)24-28(40)23-37-19-17-36(18-20-37)21-22-39;;/h5-16,25,28,39-40H,4,17-24H2,1-3H3;2*1H. The van der Waals surface area contributed by atoms with Gasteiger partial charge in [-0.25, -0.2) is 0 Å². The monoisotopic (exact) mass is 641 g/mol. The van der Waals surface area contributed by atoms with Crippen molar-refractivity contribution in [1.29, 1.82) is 0 Å². The first-order valence-electron chi connectivity index (χ1n) is 15.1. The van der Waals surface area contributed by atoms with Gasteiger partial charge in [0.25, 0.3) is 0 Å². The van der Waals surface area contributed by atoms with Crippen LogP contribution in [0.4, 0.5) is 0 Å². The third kappa shape index (κ3) is 8.16. The first kappa shape index (κ1) is 35.4. The molecular formula is C35H45Cl2N3O4. The van der Waals surface area contributed by atoms with Gasteiger partial charge in [0.05, 0.1) is 27.4 Å². The van der Waals surface area contributed by atoms with Gasteiger partial charge in [-0.15, -0.1) is 0 Å². The van der Waals surface area contributed by atoms with Crippen LogP contribution in [0.5, 0.6) is 11.5 Å². The van der Waals surface area contributed by atoms with Crippen molar-refractivity contribution in [1.82, 2.24) is 4.57 Å². The average Bonchev–Trinajstić information content (AvgIpc) is 3.38. The predicted octanol–water partition coefficient (Wildman–Crippen LogP) is -3.83. The molecule has 0 bridgehead atoms. The number of hydrogen-bond acceptors (Lipinski definition) is 4. The Hall–Kier alpha value is -3.04. The van der Waals surface area contributed by atoms with E-state index in [-0.39, 0.29) is 31.4 Å². The van der Waals surface area contributed by atoms with Gasteiger partial charge in [0.15, 0.2) is 0 Å². The zero-order chi connectivity index (χ0) is 29.5. The van der Waals surface area contributed by atoms with E-state index in [1.165, 1.54) is 31.9 Å². The molecule has 3 aromatic carbocycles. The largest absolute Gasteiger partial charge is 1.00 e. The molecule has 9 heteroatoms. The zero-order valence-corrected chi connectivity index (χ0v) is 27.4. The molecule has 7 nitrogen and oxygen atoms in total. The van der Waals surface area contributed by atoms with Crippen molar-refractivity contribution in [3.05, 3.63) is 95.7 Å². The lowest BCUT2D eigenvalue weighted by molar-refractivity contribution is -1.01. The first-order valence-corrected chi connectivity index (χ1v) is 15.1. The van der Waals surface area contributed by atoms with Crippen molar-refractivity contribution in [3.8, 4) is 11.5 Å². The van der Waals surface area contributed by atoms with Gasteiger partial charge in [-0.3, -0.25) is 0 Å². The summed E-state index contributed by atoms with van der Waals surface area (Å²) in [5, 5.41) is 21.7. The van der Waals surface area contributed by atoms with E-state index < -0.39 is 6.10 Å². The smallest absolute Gasteiger partial charge is 0.127 e. The topological polar surface area (TPSA) is 72.7 Å². The molecule has 4 N–H and O–H groups in total. The molecule has 1 aliphatic rings. The highest BCUT2D eigenvalue weighted by Crippen LogP contribution is 2.39. The fourth-order valence-corrected chi connectivity index (χ4v) is 6.36. The molecule has 0 radical (unpaired) electrons. The zero-order valence-electron chi connectivity index (χ0n) is 25.9. The van der Waals surface area contributed by atoms with Crippen molar-refractivity contribution in [2.45, 2.75) is 26.0 Å². The maximum atomic E-state index is 11.2. The number of aromatic nitrogens is 1. The maximum Gasteiger partial charge on any atom is 0.127 e. The minimum atomic E-state index is -0.445. The van der Waals surface area contributed by atoms with Crippen molar-refractivity contribution in [2.24, 2.45) is 0 Å². The molecule has 0 aliphatic carbocycles. The summed E-state index contributed by atoms with van der Waals surface area (Å²) in [4.78, 5) is 2.90. The van der Waals surface area contributed by atoms with E-state index in [9.17, 15) is 10.2 Å². The van der Waals surface area contributed by atoms with Crippen LogP contribution in [-0.2, 0) is 6.54 Å². The molecule has 1 aliphatic heterocycles. The van der Waals surface area contributed by atoms with Crippen molar-refractivity contribution >= 4 is 22.0 Å². The number of aliphatic hydroxyl groups is 2. The Balaban J connectivity index is 0.00000264. The Bertz CT molecular complexity index is 1430. The highest BCUT2D eigenvalue weighted by Gasteiger charge is 2.25. The molecule has 1 unspecified atom stereocenters. The van der Waals surface area contributed by atoms with E-state index in [1.807, 2.05) is 24.3 Å². The molecule has 1 atom stereocenters. The first-order chi connectivity index (χ1) is 20.5. The SMILES string of the molecule is CCC(=C(c1ccc(OC)cc1)c1ccc(OC)cc1)c1cn(CC(O)C[NH+]2CC[NH+](CCO)CC2)c2ccccc12.[Cl-].[Cl-]. The molecule has 0 saturated carbocycles. The molecule has 1 saturated heterocycles. The lowest BCUT2D eigenvalue weighted by Crippen LogP contribution is -3.28. The maximum absolute atomic E-state index is 11.2. The van der Waals surface area contributed by atoms with Crippen molar-refractivity contribution in [3.63, 3.8) is 0 Å². The number of allylic oxidation sites excluding steroid dienone is 1. The van der Waals surface area contributed by atoms with E-state index in [0.29, 0.717) is 6.54 Å². The quantitative estimate of drug-likeness (QED) is 0.128. The van der Waals surface area contributed by atoms with Gasteiger partial charge in [-0.2, -0.15) is 0 Å². The van der Waals surface area contributed by atoms with Crippen molar-refractivity contribution in [2.75, 3.05) is 60.1 Å². The molecule has 238 valence electrons. The summed E-state index contributed by atoms with van der Waals surface area (Å²) in [6.45, 7) is 8.69. The third-order valence-corrected chi connectivity index (χ3v) is 8.59. The van der Waals surface area contributed by atoms with Crippen LogP contribution in [0, 0.1) is 0 Å². The van der Waals surface area contributed by atoms with E-state index in [0.717, 1.165) is 73.8 Å². The van der Waals surface area contributed by atoms with E-state index >= 15 is 0 Å². The van der Waals surface area contributed by atoms with Crippen LogP contribution in [0.15, 0.2) is 79.0 Å². The second-order valence-electron chi connectivity index (χ2n) is 11.2. The number of aliphatic hydroxyl groups excluding tert-OH is 2. The number of para-hydroxylation sites is 1. The summed E-state index contributed by atoms with van der Waals surface area (Å²) in [6, 6.07) is 25.1. The molecule has 1 fully saturated rings. The van der Waals surface area contributed by atoms with E-state index in [2.05, 4.69) is 66.2 Å². The van der Waals surface area contributed by atoms with Crippen LogP contribution in [0.2, 0.25) is 0 Å². The third-order valence-electron chi connectivity index (χ3n) is 8.59. The van der Waals surface area contributed by atoms with Crippen LogP contribution in [-0.4, -0.2) is 81.0 Å². The average molecular weight is 643 g/mol. The minimum absolute atomic E-state index is 0. The molecule has 0 spiro atoms. The Morgan fingerprint density at radius 2 is 1.36 bits per heavy atom. The highest BCUT2D eigenvalue weighted by molar-refractivity contribution is 6.05. The number of nitrogens with one attached hydrogen (secondary N) is 2. The summed E-state index contributed by atoms with van der Waals surface area (Å²) in [5.74, 6) is 1.66. The number of quaternary nitrogens is 2. The van der Waals surface area contributed by atoms with Crippen LogP contribution >= 0.6 is 0 Å². The summed E-state index contributed by atoms with van der Waals surface area (Å²) in [5.41, 5.74) is 7.01. The van der Waals surface area contributed by atoms with Crippen LogP contribution in [0.3, 0.4) is 0 Å². The van der Waals surface area contributed by atoms with Crippen LogP contribution < -0.4 is 44.1 Å². The van der Waals surface area contributed by atoms with Crippen molar-refractivity contribution < 1.29 is 54.3 Å². The fraction of sp³-hybridized carbons (Fsp3) is 0.371. The van der Waals surface area contributed by atoms with Gasteiger partial charge < -0.3 is 58.9 Å². The summed E-state index contributed by atoms with van der Waals surface area (Å²) in [6.07, 6.45) is 2.63. The van der Waals surface area contributed by atoms with Gasteiger partial charge in [0.2, 0.25) is 0 Å². The Kier molecular flexibility index (Phi) is 13.6. The lowest BCUT2D eigenvalue weighted by atomic mass is 9.88. The van der Waals surface area contributed by atoms with Gasteiger partial charge in [-0.1, -0.05) is 49.4 Å². The molecule has 44 heavy (non-hydrogen) atoms. The number of nitrogens with zero attached hydrogens (tertiary/aromatic N) is 1. The van der Waals surface area contributed by atoms with Gasteiger partial charge >= 0.3 is 0 Å². The van der Waals surface area contributed by atoms with Crippen LogP contribution in [0.1, 0.15) is 30.0 Å². The molecule has 5 rings (SSSR count). The molecule has 4 aromatic rings. The minimum Gasteiger partial charge on any atom is -1.00 e. The van der Waals surface area contributed by atoms with E-state index in [4.69, 9.17) is 9.47 Å². The summed E-state index contributed by atoms with van der Waals surface area (Å²) >= 11 is 0. The number of piperazine rings is 1. The normalized spacial score (nSPS) is 16.8. The Labute approximate surface area is 273 Å². The van der Waals surface area contributed by atoms with Gasteiger partial charge in [0, 0.05) is 22.7 Å². The Morgan fingerprint density at radius 1 is 0.818 bits per heavy atom. The second-order valence-corrected chi connectivity index (χ2v) is 11.2. The van der Waals surface area contributed by atoms with Gasteiger partial charge in [-0.05, 0) is 59.0 Å². The fourth-order valence-electron chi connectivity index (χ4n) is 6.36. The highest BCUT2D eigenvalue weighted by atomic mass is 35.5. The van der Waals surface area contributed by atoms with Gasteiger partial charge in [0.1, 0.15) is 56.9 Å². The Morgan fingerprint density at radius 3 is 1.89 bits per heavy atom. The number of rotatable bonds is 12. The van der Waals surface area contributed by atoms with Crippen LogP contribution in [0.25, 0.3) is 22.0 Å². The number of halogens is 2. The lowest BCUT2D eigenvalue weighted by Gasteiger charge is -2.30. The number of ether oxygens (including phenoxy) is 2. The summed E-state index contributed by atoms with van der Waals surface area (Å²) < 4.78 is 13.1. The molecule has 1 aromatic heterocycles. The predicted molar refractivity (Wildman–Crippen MR) is 168 cm³/mol. The van der Waals surface area contributed by atoms with E-state index in [1.54, 1.807) is 14.2 Å². The number of benzene rings is 3. The molecule has 2 heterocycles. The summed E-state index contributed by atoms with van der Waals surface area (Å²) in [7, 11) is 3.38. The second kappa shape index (κ2) is 16.9. The number of hydrogen-bond donors (Lipinski definition) is 4. The molecular weight excluding hydrogens is 597 g/mol.